The average molecular weight is 398 g/mol. The summed E-state index contributed by atoms with van der Waals surface area (Å²) in [7, 11) is 0. The summed E-state index contributed by atoms with van der Waals surface area (Å²) in [6.45, 7) is 1.33. The molecule has 11 heteroatoms. The van der Waals surface area contributed by atoms with Gasteiger partial charge in [-0.1, -0.05) is 0 Å². The van der Waals surface area contributed by atoms with Crippen LogP contribution >= 0.6 is 0 Å². The Morgan fingerprint density at radius 1 is 1.15 bits per heavy atom. The molecule has 2 fully saturated rings. The van der Waals surface area contributed by atoms with E-state index in [1.54, 1.807) is 0 Å². The summed E-state index contributed by atoms with van der Waals surface area (Å²) in [5.41, 5.74) is -6.29. The monoisotopic (exact) mass is 398 g/mol. The van der Waals surface area contributed by atoms with Crippen LogP contribution in [-0.2, 0) is 9.53 Å². The standard InChI is InChI=1S/C15H18F8O3/c1-12(26-11(24)4-10(16)17)5-7-2-8(9(12)3-7)6-13(25,14(18,19)20)15(21,22)23/h7-10,25H,2-6H2,1H3. The van der Waals surface area contributed by atoms with Gasteiger partial charge in [0, 0.05) is 5.92 Å². The zero-order chi connectivity index (χ0) is 20.1. The van der Waals surface area contributed by atoms with Crippen molar-refractivity contribution in [3.8, 4) is 0 Å². The van der Waals surface area contributed by atoms with Crippen molar-refractivity contribution < 1.29 is 49.8 Å². The molecular weight excluding hydrogens is 380 g/mol. The van der Waals surface area contributed by atoms with Crippen molar-refractivity contribution in [3.63, 3.8) is 0 Å². The highest BCUT2D eigenvalue weighted by molar-refractivity contribution is 5.70. The van der Waals surface area contributed by atoms with Gasteiger partial charge in [0.25, 0.3) is 5.60 Å². The molecule has 2 aliphatic carbocycles. The van der Waals surface area contributed by atoms with E-state index < -0.39 is 60.6 Å². The summed E-state index contributed by atoms with van der Waals surface area (Å²) >= 11 is 0. The molecule has 4 atom stereocenters. The molecule has 26 heavy (non-hydrogen) atoms. The van der Waals surface area contributed by atoms with Crippen LogP contribution in [0.2, 0.25) is 0 Å². The topological polar surface area (TPSA) is 46.5 Å². The number of aliphatic hydroxyl groups is 1. The first-order chi connectivity index (χ1) is 11.6. The van der Waals surface area contributed by atoms with Gasteiger partial charge in [-0.15, -0.1) is 0 Å². The van der Waals surface area contributed by atoms with Gasteiger partial charge in [0.1, 0.15) is 12.0 Å². The number of ether oxygens (including phenoxy) is 1. The number of carbonyl (C=O) groups excluding carboxylic acids is 1. The number of hydrogen-bond acceptors (Lipinski definition) is 3. The van der Waals surface area contributed by atoms with E-state index in [-0.39, 0.29) is 25.2 Å². The van der Waals surface area contributed by atoms with E-state index in [0.717, 1.165) is 0 Å². The van der Waals surface area contributed by atoms with E-state index in [4.69, 9.17) is 4.74 Å². The third kappa shape index (κ3) is 3.77. The minimum absolute atomic E-state index is 0.0150. The number of fused-ring (bicyclic) bond motifs is 2. The second kappa shape index (κ2) is 6.49. The zero-order valence-corrected chi connectivity index (χ0v) is 13.6. The predicted molar refractivity (Wildman–Crippen MR) is 71.1 cm³/mol. The van der Waals surface area contributed by atoms with E-state index in [1.807, 2.05) is 0 Å². The largest absolute Gasteiger partial charge is 0.459 e. The Morgan fingerprint density at radius 3 is 2.12 bits per heavy atom. The van der Waals surface area contributed by atoms with Crippen LogP contribution in [0.5, 0.6) is 0 Å². The van der Waals surface area contributed by atoms with Gasteiger partial charge in [-0.25, -0.2) is 8.78 Å². The predicted octanol–water partition coefficient (Wildman–Crippen LogP) is 4.24. The number of hydrogen-bond donors (Lipinski definition) is 1. The summed E-state index contributed by atoms with van der Waals surface area (Å²) in [6, 6.07) is 0. The van der Waals surface area contributed by atoms with Crippen molar-refractivity contribution in [2.75, 3.05) is 0 Å². The molecule has 0 amide bonds. The fourth-order valence-corrected chi connectivity index (χ4v) is 4.42. The quantitative estimate of drug-likeness (QED) is 0.557. The maximum atomic E-state index is 12.9. The van der Waals surface area contributed by atoms with E-state index in [9.17, 15) is 45.0 Å². The SMILES string of the molecule is CC1(OC(=O)CC(F)F)CC2CC(CC(O)(C(F)(F)F)C(F)(F)F)C1C2. The van der Waals surface area contributed by atoms with Gasteiger partial charge in [0.05, 0.1) is 0 Å². The molecule has 0 aromatic carbocycles. The maximum Gasteiger partial charge on any atom is 0.426 e. The number of halogens is 8. The summed E-state index contributed by atoms with van der Waals surface area (Å²) in [6.07, 6.45) is -17.2. The van der Waals surface area contributed by atoms with Gasteiger partial charge >= 0.3 is 18.3 Å². The highest BCUT2D eigenvalue weighted by Gasteiger charge is 2.72. The molecule has 3 nitrogen and oxygen atoms in total. The molecule has 0 radical (unpaired) electrons. The smallest absolute Gasteiger partial charge is 0.426 e. The normalized spacial score (nSPS) is 32.3. The van der Waals surface area contributed by atoms with Gasteiger partial charge in [0.2, 0.25) is 6.43 Å². The van der Waals surface area contributed by atoms with Gasteiger partial charge in [-0.05, 0) is 44.4 Å². The van der Waals surface area contributed by atoms with E-state index in [1.165, 1.54) is 6.92 Å². The molecule has 2 aliphatic rings. The van der Waals surface area contributed by atoms with Crippen LogP contribution in [0.15, 0.2) is 0 Å². The number of carbonyl (C=O) groups is 1. The van der Waals surface area contributed by atoms with Crippen molar-refractivity contribution in [1.82, 2.24) is 0 Å². The molecule has 4 unspecified atom stereocenters. The summed E-state index contributed by atoms with van der Waals surface area (Å²) in [5.74, 6) is -3.62. The van der Waals surface area contributed by atoms with Crippen molar-refractivity contribution in [3.05, 3.63) is 0 Å². The van der Waals surface area contributed by atoms with Crippen LogP contribution in [0.25, 0.3) is 0 Å². The Hall–Kier alpha value is -1.13. The van der Waals surface area contributed by atoms with Crippen LogP contribution in [-0.4, -0.2) is 41.1 Å². The van der Waals surface area contributed by atoms with Crippen molar-refractivity contribution >= 4 is 5.97 Å². The van der Waals surface area contributed by atoms with E-state index >= 15 is 0 Å². The number of rotatable bonds is 5. The van der Waals surface area contributed by atoms with Crippen LogP contribution < -0.4 is 0 Å². The molecule has 0 aromatic rings. The van der Waals surface area contributed by atoms with Crippen molar-refractivity contribution in [2.24, 2.45) is 17.8 Å². The van der Waals surface area contributed by atoms with E-state index in [2.05, 4.69) is 0 Å². The molecule has 152 valence electrons. The molecule has 0 spiro atoms. The number of esters is 1. The Balaban J connectivity index is 2.18. The lowest BCUT2D eigenvalue weighted by Crippen LogP contribution is -2.58. The first-order valence-electron chi connectivity index (χ1n) is 7.95. The van der Waals surface area contributed by atoms with Gasteiger partial charge in [-0.3, -0.25) is 4.79 Å². The van der Waals surface area contributed by atoms with Crippen molar-refractivity contribution in [2.45, 2.75) is 69.0 Å². The number of alkyl halides is 8. The minimum Gasteiger partial charge on any atom is -0.459 e. The lowest BCUT2D eigenvalue weighted by atomic mass is 9.73. The van der Waals surface area contributed by atoms with Crippen LogP contribution in [0, 0.1) is 17.8 Å². The fraction of sp³-hybridized carbons (Fsp3) is 0.933. The Bertz CT molecular complexity index is 530. The molecule has 0 aliphatic heterocycles. The molecule has 2 saturated carbocycles. The van der Waals surface area contributed by atoms with Gasteiger partial charge in [0.15, 0.2) is 0 Å². The molecule has 0 heterocycles. The van der Waals surface area contributed by atoms with Gasteiger partial charge in [-0.2, -0.15) is 26.3 Å². The molecule has 2 rings (SSSR count). The second-order valence-corrected chi connectivity index (χ2v) is 7.35. The Morgan fingerprint density at radius 2 is 1.69 bits per heavy atom. The summed E-state index contributed by atoms with van der Waals surface area (Å²) < 4.78 is 107. The highest BCUT2D eigenvalue weighted by atomic mass is 19.4. The minimum atomic E-state index is -5.92. The van der Waals surface area contributed by atoms with Crippen molar-refractivity contribution in [1.29, 1.82) is 0 Å². The second-order valence-electron chi connectivity index (χ2n) is 7.35. The molecule has 1 N–H and O–H groups in total. The highest BCUT2D eigenvalue weighted by Crippen LogP contribution is 2.59. The third-order valence-corrected chi connectivity index (χ3v) is 5.43. The molecular formula is C15H18F8O3. The summed E-state index contributed by atoms with van der Waals surface area (Å²) in [4.78, 5) is 11.5. The average Bonchev–Trinajstić information content (AvgIpc) is 2.90. The Labute approximate surface area is 143 Å². The lowest BCUT2D eigenvalue weighted by molar-refractivity contribution is -0.374. The zero-order valence-electron chi connectivity index (χ0n) is 13.6. The van der Waals surface area contributed by atoms with Crippen LogP contribution in [0.1, 0.15) is 39.0 Å². The Kier molecular flexibility index (Phi) is 5.28. The van der Waals surface area contributed by atoms with Crippen LogP contribution in [0.4, 0.5) is 35.1 Å². The van der Waals surface area contributed by atoms with Crippen LogP contribution in [0.3, 0.4) is 0 Å². The summed E-state index contributed by atoms with van der Waals surface area (Å²) in [5, 5.41) is 9.39. The third-order valence-electron chi connectivity index (χ3n) is 5.43. The lowest BCUT2D eigenvalue weighted by Gasteiger charge is -2.42. The first-order valence-corrected chi connectivity index (χ1v) is 7.95. The first kappa shape index (κ1) is 21.2. The van der Waals surface area contributed by atoms with E-state index in [0.29, 0.717) is 0 Å². The van der Waals surface area contributed by atoms with Gasteiger partial charge < -0.3 is 9.84 Å². The molecule has 0 aromatic heterocycles. The molecule has 2 bridgehead atoms. The maximum absolute atomic E-state index is 12.9. The fourth-order valence-electron chi connectivity index (χ4n) is 4.42. The molecule has 0 saturated heterocycles.